The summed E-state index contributed by atoms with van der Waals surface area (Å²) in [6, 6.07) is 10.6. The van der Waals surface area contributed by atoms with E-state index >= 15 is 0 Å². The average molecular weight is 334 g/mol. The van der Waals surface area contributed by atoms with E-state index < -0.39 is 0 Å². The molecule has 3 rings (SSSR count). The monoisotopic (exact) mass is 333 g/mol. The van der Waals surface area contributed by atoms with Gasteiger partial charge in [0.25, 0.3) is 0 Å². The lowest BCUT2D eigenvalue weighted by molar-refractivity contribution is -0.121. The minimum atomic E-state index is 0.175. The van der Waals surface area contributed by atoms with Crippen LogP contribution >= 0.6 is 11.8 Å². The van der Waals surface area contributed by atoms with Crippen LogP contribution in [0.2, 0.25) is 0 Å². The molecule has 1 aromatic rings. The molecule has 0 aliphatic carbocycles. The number of thioether (sulfide) groups is 1. The Balaban J connectivity index is 1.54. The smallest absolute Gasteiger partial charge is 0.220 e. The molecule has 23 heavy (non-hydrogen) atoms. The van der Waals surface area contributed by atoms with Crippen molar-refractivity contribution in [3.05, 3.63) is 30.3 Å². The third-order valence-corrected chi connectivity index (χ3v) is 6.22. The summed E-state index contributed by atoms with van der Waals surface area (Å²) in [6.07, 6.45) is 2.71. The maximum Gasteiger partial charge on any atom is 0.220 e. The van der Waals surface area contributed by atoms with Gasteiger partial charge in [-0.25, -0.2) is 0 Å². The molecule has 2 aliphatic heterocycles. The second-order valence-corrected chi connectivity index (χ2v) is 7.85. The Hall–Kier alpha value is -1.04. The summed E-state index contributed by atoms with van der Waals surface area (Å²) >= 11 is 1.93. The first kappa shape index (κ1) is 16.8. The Morgan fingerprint density at radius 3 is 2.87 bits per heavy atom. The minimum Gasteiger partial charge on any atom is -0.356 e. The van der Waals surface area contributed by atoms with E-state index in [1.54, 1.807) is 0 Å². The van der Waals surface area contributed by atoms with Crippen LogP contribution in [0.15, 0.2) is 35.2 Å². The highest BCUT2D eigenvalue weighted by atomic mass is 32.2. The molecule has 2 aliphatic rings. The number of carbonyl (C=O) groups excluding carboxylic acids is 1. The number of carbonyl (C=O) groups is 1. The fourth-order valence-corrected chi connectivity index (χ4v) is 4.61. The third-order valence-electron chi connectivity index (χ3n) is 5.23. The molecular weight excluding hydrogens is 306 g/mol. The third kappa shape index (κ3) is 4.28. The number of amides is 1. The van der Waals surface area contributed by atoms with Crippen LogP contribution in [0.1, 0.15) is 19.3 Å². The lowest BCUT2D eigenvalue weighted by Crippen LogP contribution is -2.61. The van der Waals surface area contributed by atoms with E-state index in [0.29, 0.717) is 6.42 Å². The van der Waals surface area contributed by atoms with Crippen molar-refractivity contribution < 1.29 is 4.79 Å². The highest BCUT2D eigenvalue weighted by Crippen LogP contribution is 2.30. The highest BCUT2D eigenvalue weighted by molar-refractivity contribution is 7.99. The molecule has 5 heteroatoms. The Morgan fingerprint density at radius 1 is 1.22 bits per heavy atom. The van der Waals surface area contributed by atoms with Crippen molar-refractivity contribution in [1.82, 2.24) is 15.1 Å². The van der Waals surface area contributed by atoms with Gasteiger partial charge in [0, 0.05) is 55.3 Å². The molecule has 2 heterocycles. The lowest BCUT2D eigenvalue weighted by Gasteiger charge is -2.49. The summed E-state index contributed by atoms with van der Waals surface area (Å²) in [7, 11) is 2.23. The number of hydrogen-bond donors (Lipinski definition) is 1. The second kappa shape index (κ2) is 7.69. The molecule has 0 aromatic heterocycles. The zero-order valence-electron chi connectivity index (χ0n) is 14.0. The van der Waals surface area contributed by atoms with Gasteiger partial charge >= 0.3 is 0 Å². The Labute approximate surface area is 143 Å². The molecule has 0 bridgehead atoms. The molecule has 2 saturated heterocycles. The number of rotatable bonds is 4. The molecule has 0 radical (unpaired) electrons. The minimum absolute atomic E-state index is 0.175. The van der Waals surface area contributed by atoms with Crippen LogP contribution in [0.3, 0.4) is 0 Å². The summed E-state index contributed by atoms with van der Waals surface area (Å²) in [5.41, 5.74) is 0.175. The van der Waals surface area contributed by atoms with Gasteiger partial charge in [0.1, 0.15) is 0 Å². The van der Waals surface area contributed by atoms with Gasteiger partial charge in [-0.3, -0.25) is 14.6 Å². The fourth-order valence-electron chi connectivity index (χ4n) is 3.68. The van der Waals surface area contributed by atoms with Crippen molar-refractivity contribution in [3.8, 4) is 0 Å². The number of benzene rings is 1. The first-order chi connectivity index (χ1) is 11.2. The van der Waals surface area contributed by atoms with E-state index in [4.69, 9.17) is 0 Å². The average Bonchev–Trinajstić information content (AvgIpc) is 2.75. The van der Waals surface area contributed by atoms with Crippen molar-refractivity contribution in [2.45, 2.75) is 29.7 Å². The van der Waals surface area contributed by atoms with Gasteiger partial charge in [0.05, 0.1) is 0 Å². The molecule has 1 unspecified atom stereocenters. The van der Waals surface area contributed by atoms with Crippen LogP contribution in [-0.4, -0.2) is 66.8 Å². The molecule has 126 valence electrons. The summed E-state index contributed by atoms with van der Waals surface area (Å²) in [5.74, 6) is 1.34. The van der Waals surface area contributed by atoms with Gasteiger partial charge < -0.3 is 5.32 Å². The fraction of sp³-hybridized carbons (Fsp3) is 0.611. The molecule has 4 nitrogen and oxygen atoms in total. The quantitative estimate of drug-likeness (QED) is 0.856. The van der Waals surface area contributed by atoms with Crippen molar-refractivity contribution in [3.63, 3.8) is 0 Å². The molecule has 1 amide bonds. The number of likely N-dealkylation sites (N-methyl/N-ethyl adjacent to an activating group) is 1. The Bertz CT molecular complexity index is 524. The van der Waals surface area contributed by atoms with E-state index in [-0.39, 0.29) is 11.4 Å². The van der Waals surface area contributed by atoms with E-state index in [1.807, 2.05) is 11.8 Å². The van der Waals surface area contributed by atoms with Crippen LogP contribution < -0.4 is 5.32 Å². The molecule has 1 aromatic carbocycles. The summed E-state index contributed by atoms with van der Waals surface area (Å²) in [5, 5.41) is 3.03. The largest absolute Gasteiger partial charge is 0.356 e. The molecular formula is C18H27N3OS. The number of hydrogen-bond acceptors (Lipinski definition) is 4. The number of nitrogens with one attached hydrogen (secondary N) is 1. The van der Waals surface area contributed by atoms with Crippen LogP contribution in [0.4, 0.5) is 0 Å². The first-order valence-corrected chi connectivity index (χ1v) is 9.55. The normalized spacial score (nSPS) is 26.9. The summed E-state index contributed by atoms with van der Waals surface area (Å²) < 4.78 is 0. The zero-order valence-corrected chi connectivity index (χ0v) is 14.8. The van der Waals surface area contributed by atoms with E-state index in [2.05, 4.69) is 52.5 Å². The predicted molar refractivity (Wildman–Crippen MR) is 95.8 cm³/mol. The highest BCUT2D eigenvalue weighted by Gasteiger charge is 2.40. The standard InChI is InChI=1S/C18H27N3OS/c1-20-11-12-21(13-14-23-16-5-3-2-4-6-16)15-18(20)8-7-17(22)19-10-9-18/h2-6H,7-15H2,1H3,(H,19,22). The second-order valence-electron chi connectivity index (χ2n) is 6.68. The summed E-state index contributed by atoms with van der Waals surface area (Å²) in [4.78, 5) is 18.1. The maximum absolute atomic E-state index is 11.7. The van der Waals surface area contributed by atoms with E-state index in [0.717, 1.165) is 51.3 Å². The van der Waals surface area contributed by atoms with Gasteiger partial charge in [-0.2, -0.15) is 0 Å². The Morgan fingerprint density at radius 2 is 2.04 bits per heavy atom. The van der Waals surface area contributed by atoms with Crippen molar-refractivity contribution >= 4 is 17.7 Å². The summed E-state index contributed by atoms with van der Waals surface area (Å²) in [6.45, 7) is 5.26. The lowest BCUT2D eigenvalue weighted by atomic mass is 9.86. The first-order valence-electron chi connectivity index (χ1n) is 8.56. The van der Waals surface area contributed by atoms with Crippen LogP contribution in [-0.2, 0) is 4.79 Å². The topological polar surface area (TPSA) is 35.6 Å². The van der Waals surface area contributed by atoms with Gasteiger partial charge in [0.15, 0.2) is 0 Å². The predicted octanol–water partition coefficient (Wildman–Crippen LogP) is 2.06. The number of piperazine rings is 1. The van der Waals surface area contributed by atoms with Gasteiger partial charge in [-0.1, -0.05) is 18.2 Å². The molecule has 1 spiro atoms. The van der Waals surface area contributed by atoms with Crippen LogP contribution in [0.25, 0.3) is 0 Å². The maximum atomic E-state index is 11.7. The Kier molecular flexibility index (Phi) is 5.62. The van der Waals surface area contributed by atoms with E-state index in [1.165, 1.54) is 4.90 Å². The van der Waals surface area contributed by atoms with E-state index in [9.17, 15) is 4.79 Å². The van der Waals surface area contributed by atoms with Crippen molar-refractivity contribution in [2.24, 2.45) is 0 Å². The van der Waals surface area contributed by atoms with Crippen molar-refractivity contribution in [1.29, 1.82) is 0 Å². The molecule has 2 fully saturated rings. The van der Waals surface area contributed by atoms with Gasteiger partial charge in [-0.05, 0) is 32.0 Å². The number of nitrogens with zero attached hydrogens (tertiary/aromatic N) is 2. The SMILES string of the molecule is CN1CCN(CCSc2ccccc2)CC12CCNC(=O)CC2. The van der Waals surface area contributed by atoms with Gasteiger partial charge in [0.2, 0.25) is 5.91 Å². The molecule has 1 N–H and O–H groups in total. The van der Waals surface area contributed by atoms with Gasteiger partial charge in [-0.15, -0.1) is 11.8 Å². The zero-order chi connectivity index (χ0) is 16.1. The molecule has 0 saturated carbocycles. The van der Waals surface area contributed by atoms with Crippen LogP contribution in [0, 0.1) is 0 Å². The molecule has 1 atom stereocenters. The van der Waals surface area contributed by atoms with Crippen molar-refractivity contribution in [2.75, 3.05) is 45.5 Å². The van der Waals surface area contributed by atoms with Crippen LogP contribution in [0.5, 0.6) is 0 Å².